The lowest BCUT2D eigenvalue weighted by molar-refractivity contribution is 0.222. The predicted molar refractivity (Wildman–Crippen MR) is 182 cm³/mol. The van der Waals surface area contributed by atoms with Crippen LogP contribution in [0.25, 0.3) is 0 Å². The van der Waals surface area contributed by atoms with Crippen LogP contribution in [0.1, 0.15) is 67.3 Å². The Bertz CT molecular complexity index is 1710. The van der Waals surface area contributed by atoms with Crippen LogP contribution in [0, 0.1) is 25.5 Å². The molecule has 3 atom stereocenters. The Kier molecular flexibility index (Phi) is 11.9. The monoisotopic (exact) mass is 692 g/mol. The van der Waals surface area contributed by atoms with Crippen molar-refractivity contribution < 1.29 is 22.5 Å². The van der Waals surface area contributed by atoms with Crippen LogP contribution < -0.4 is 19.9 Å². The lowest BCUT2D eigenvalue weighted by Gasteiger charge is -2.40. The van der Waals surface area contributed by atoms with E-state index in [4.69, 9.17) is 15.2 Å². The Morgan fingerprint density at radius 3 is 1.87 bits per heavy atom. The van der Waals surface area contributed by atoms with Gasteiger partial charge in [-0.1, -0.05) is 24.3 Å². The molecule has 2 aromatic carbocycles. The summed E-state index contributed by atoms with van der Waals surface area (Å²) >= 11 is 0. The van der Waals surface area contributed by atoms with Crippen molar-refractivity contribution in [3.63, 3.8) is 0 Å². The summed E-state index contributed by atoms with van der Waals surface area (Å²) in [5, 5.41) is 0. The number of nitrogens with two attached hydrogens (primary N) is 1. The minimum absolute atomic E-state index is 0. The molecule has 248 valence electrons. The fourth-order valence-electron chi connectivity index (χ4n) is 5.30. The number of benzene rings is 2. The van der Waals surface area contributed by atoms with Crippen molar-refractivity contribution in [1.29, 1.82) is 0 Å². The van der Waals surface area contributed by atoms with E-state index >= 15 is 0 Å². The fourth-order valence-corrected chi connectivity index (χ4v) is 6.24. The molecular weight excluding hydrogens is 653 g/mol. The summed E-state index contributed by atoms with van der Waals surface area (Å²) in [5.74, 6) is 0.779. The number of aryl methyl sites for hydroxylation is 2. The number of nitrogens with zero attached hydrogens (tertiary/aromatic N) is 2. The molecule has 0 bridgehead atoms. The Morgan fingerprint density at radius 1 is 0.804 bits per heavy atom. The highest BCUT2D eigenvalue weighted by molar-refractivity contribution is 7.84. The first-order chi connectivity index (χ1) is 20.8. The van der Waals surface area contributed by atoms with Gasteiger partial charge in [0.25, 0.3) is 0 Å². The molecule has 7 nitrogen and oxygen atoms in total. The summed E-state index contributed by atoms with van der Waals surface area (Å²) < 4.78 is 55.0. The molecule has 12 heteroatoms. The SMILES string of the molecule is Cc1ccc([C@@]2(N)CCOc3cccnc32)cc1F.Cc1ccc([C@@]2(N[S@](=O)C(C)(C)C)CCOc3cccnc32)cc1F.Cl.Cl. The topological polar surface area (TPSA) is 99.4 Å². The summed E-state index contributed by atoms with van der Waals surface area (Å²) in [6, 6.07) is 17.5. The van der Waals surface area contributed by atoms with E-state index in [1.165, 1.54) is 12.1 Å². The average Bonchev–Trinajstić information content (AvgIpc) is 3.00. The standard InChI is InChI=1S/C19H23FN2O2S.C15H15FN2O.2ClH/c1-13-7-8-14(12-15(13)20)19(22-25(23)18(2,3)4)9-11-24-16-6-5-10-21-17(16)19;1-10-4-5-11(9-12(10)16)15(17)6-8-19-13-3-2-7-18-14(13)15;;/h5-8,10,12,22H,9,11H2,1-4H3;2-5,7,9H,6,8,17H2,1H3;2*1H/t19-,25+;15-;;/m00../s1. The van der Waals surface area contributed by atoms with Gasteiger partial charge < -0.3 is 15.2 Å². The van der Waals surface area contributed by atoms with Crippen molar-refractivity contribution in [2.45, 2.75) is 63.3 Å². The van der Waals surface area contributed by atoms with E-state index < -0.39 is 26.8 Å². The zero-order valence-corrected chi connectivity index (χ0v) is 28.9. The van der Waals surface area contributed by atoms with Gasteiger partial charge in [0.15, 0.2) is 0 Å². The summed E-state index contributed by atoms with van der Waals surface area (Å²) in [6.45, 7) is 10.1. The number of fused-ring (bicyclic) bond motifs is 2. The number of halogens is 4. The number of hydrogen-bond donors (Lipinski definition) is 2. The molecule has 0 radical (unpaired) electrons. The molecule has 4 aromatic rings. The molecule has 2 aliphatic rings. The molecule has 3 N–H and O–H groups in total. The third-order valence-corrected chi connectivity index (χ3v) is 9.68. The van der Waals surface area contributed by atoms with Crippen LogP contribution in [-0.4, -0.2) is 32.1 Å². The highest BCUT2D eigenvalue weighted by atomic mass is 35.5. The average molecular weight is 694 g/mol. The smallest absolute Gasteiger partial charge is 0.143 e. The van der Waals surface area contributed by atoms with Crippen molar-refractivity contribution in [2.24, 2.45) is 5.73 Å². The van der Waals surface area contributed by atoms with Gasteiger partial charge in [0, 0.05) is 25.2 Å². The minimum Gasteiger partial charge on any atom is -0.491 e. The summed E-state index contributed by atoms with van der Waals surface area (Å²) in [5.41, 5.74) is 8.79. The summed E-state index contributed by atoms with van der Waals surface area (Å²) in [4.78, 5) is 8.82. The Hall–Kier alpha value is -3.15. The number of pyridine rings is 2. The third-order valence-electron chi connectivity index (χ3n) is 8.03. The molecule has 6 rings (SSSR count). The zero-order chi connectivity index (χ0) is 31.7. The highest BCUT2D eigenvalue weighted by Crippen LogP contribution is 2.42. The first-order valence-corrected chi connectivity index (χ1v) is 15.7. The van der Waals surface area contributed by atoms with Crippen molar-refractivity contribution >= 4 is 35.8 Å². The van der Waals surface area contributed by atoms with Gasteiger partial charge in [0.2, 0.25) is 0 Å². The van der Waals surface area contributed by atoms with E-state index in [9.17, 15) is 13.0 Å². The van der Waals surface area contributed by atoms with Gasteiger partial charge in [0.1, 0.15) is 40.1 Å². The molecular formula is C34H40Cl2F2N4O3S. The van der Waals surface area contributed by atoms with Crippen LogP contribution in [0.5, 0.6) is 11.5 Å². The lowest BCUT2D eigenvalue weighted by Crippen LogP contribution is -2.51. The molecule has 0 spiro atoms. The quantitative estimate of drug-likeness (QED) is 0.240. The maximum absolute atomic E-state index is 14.3. The molecule has 2 aromatic heterocycles. The minimum atomic E-state index is -1.36. The number of rotatable bonds is 4. The van der Waals surface area contributed by atoms with E-state index in [1.807, 2.05) is 45.0 Å². The van der Waals surface area contributed by atoms with Gasteiger partial charge in [-0.3, -0.25) is 9.97 Å². The predicted octanol–water partition coefficient (Wildman–Crippen LogP) is 6.96. The Morgan fingerprint density at radius 2 is 1.30 bits per heavy atom. The third kappa shape index (κ3) is 7.37. The largest absolute Gasteiger partial charge is 0.491 e. The van der Waals surface area contributed by atoms with Crippen LogP contribution in [0.2, 0.25) is 0 Å². The van der Waals surface area contributed by atoms with Crippen LogP contribution in [-0.2, 0) is 22.1 Å². The number of nitrogens with one attached hydrogen (secondary N) is 1. The Balaban J connectivity index is 0.000000248. The molecule has 0 unspecified atom stereocenters. The van der Waals surface area contributed by atoms with E-state index in [2.05, 4.69) is 14.7 Å². The van der Waals surface area contributed by atoms with Crippen molar-refractivity contribution in [3.05, 3.63) is 118 Å². The van der Waals surface area contributed by atoms with Crippen molar-refractivity contribution in [1.82, 2.24) is 14.7 Å². The molecule has 0 saturated heterocycles. The van der Waals surface area contributed by atoms with E-state index in [1.54, 1.807) is 50.5 Å². The van der Waals surface area contributed by atoms with E-state index in [0.29, 0.717) is 65.6 Å². The summed E-state index contributed by atoms with van der Waals surface area (Å²) in [7, 11) is -1.36. The van der Waals surface area contributed by atoms with Crippen LogP contribution in [0.3, 0.4) is 0 Å². The van der Waals surface area contributed by atoms with E-state index in [-0.39, 0.29) is 36.4 Å². The van der Waals surface area contributed by atoms with Gasteiger partial charge >= 0.3 is 0 Å². The number of ether oxygens (including phenoxy) is 2. The van der Waals surface area contributed by atoms with Crippen LogP contribution in [0.15, 0.2) is 73.1 Å². The first-order valence-electron chi connectivity index (χ1n) is 14.5. The maximum atomic E-state index is 14.3. The first kappa shape index (κ1) is 37.3. The summed E-state index contributed by atoms with van der Waals surface area (Å²) in [6.07, 6.45) is 4.45. The molecule has 46 heavy (non-hydrogen) atoms. The van der Waals surface area contributed by atoms with Crippen molar-refractivity contribution in [2.75, 3.05) is 13.2 Å². The van der Waals surface area contributed by atoms with Crippen LogP contribution in [0.4, 0.5) is 8.78 Å². The van der Waals surface area contributed by atoms with Gasteiger partial charge in [-0.2, -0.15) is 0 Å². The zero-order valence-electron chi connectivity index (χ0n) is 26.4. The maximum Gasteiger partial charge on any atom is 0.143 e. The second-order valence-electron chi connectivity index (χ2n) is 12.2. The lowest BCUT2D eigenvalue weighted by atomic mass is 9.82. The van der Waals surface area contributed by atoms with E-state index in [0.717, 1.165) is 5.56 Å². The fraction of sp³-hybridized carbons (Fsp3) is 0.353. The molecule has 0 saturated carbocycles. The molecule has 0 amide bonds. The second-order valence-corrected chi connectivity index (χ2v) is 14.2. The van der Waals surface area contributed by atoms with Crippen LogP contribution >= 0.6 is 24.8 Å². The molecule has 0 aliphatic carbocycles. The van der Waals surface area contributed by atoms with Crippen molar-refractivity contribution in [3.8, 4) is 11.5 Å². The van der Waals surface area contributed by atoms with Gasteiger partial charge in [-0.25, -0.2) is 17.7 Å². The molecule has 0 fully saturated rings. The number of hydrogen-bond acceptors (Lipinski definition) is 6. The second kappa shape index (κ2) is 14.7. The van der Waals surface area contributed by atoms with Gasteiger partial charge in [0.05, 0.1) is 34.5 Å². The molecule has 4 heterocycles. The molecule has 2 aliphatic heterocycles. The normalized spacial score (nSPS) is 20.5. The number of aromatic nitrogens is 2. The van der Waals surface area contributed by atoms with Gasteiger partial charge in [-0.05, 0) is 93.3 Å². The Labute approximate surface area is 284 Å². The van der Waals surface area contributed by atoms with Gasteiger partial charge in [-0.15, -0.1) is 24.8 Å². The highest BCUT2D eigenvalue weighted by Gasteiger charge is 2.44.